The lowest BCUT2D eigenvalue weighted by Crippen LogP contribution is -2.38. The van der Waals surface area contributed by atoms with E-state index in [0.717, 1.165) is 10.8 Å². The Balaban J connectivity index is 1.66. The lowest BCUT2D eigenvalue weighted by molar-refractivity contribution is 0.672. The van der Waals surface area contributed by atoms with E-state index >= 15 is 0 Å². The van der Waals surface area contributed by atoms with Gasteiger partial charge in [-0.05, 0) is 24.1 Å². The van der Waals surface area contributed by atoms with Crippen molar-refractivity contribution in [1.82, 2.24) is 19.9 Å². The van der Waals surface area contributed by atoms with Crippen LogP contribution in [0.15, 0.2) is 35.6 Å². The molecule has 0 N–H and O–H groups in total. The van der Waals surface area contributed by atoms with E-state index in [0.29, 0.717) is 41.4 Å². The molecule has 0 amide bonds. The number of hydrogen-bond acceptors (Lipinski definition) is 7. The molecule has 1 aliphatic rings. The second-order valence-corrected chi connectivity index (χ2v) is 9.30. The number of benzene rings is 1. The summed E-state index contributed by atoms with van der Waals surface area (Å²) in [6.07, 6.45) is 1.54. The monoisotopic (exact) mass is 419 g/mol. The highest BCUT2D eigenvalue weighted by Crippen LogP contribution is 2.31. The van der Waals surface area contributed by atoms with Crippen molar-refractivity contribution < 1.29 is 4.21 Å². The van der Waals surface area contributed by atoms with E-state index < -0.39 is 10.8 Å². The van der Waals surface area contributed by atoms with Gasteiger partial charge in [-0.2, -0.15) is 4.98 Å². The Hall–Kier alpha value is -1.77. The summed E-state index contributed by atoms with van der Waals surface area (Å²) in [5.74, 6) is 2.74. The maximum Gasteiger partial charge on any atom is 0.225 e. The zero-order valence-electron chi connectivity index (χ0n) is 14.8. The average Bonchev–Trinajstić information content (AvgIpc) is 2.68. The van der Waals surface area contributed by atoms with Gasteiger partial charge < -0.3 is 4.90 Å². The molecule has 27 heavy (non-hydrogen) atoms. The van der Waals surface area contributed by atoms with Crippen LogP contribution in [0.5, 0.6) is 0 Å². The molecule has 9 heteroatoms. The molecule has 3 aromatic rings. The number of aromatic nitrogens is 4. The van der Waals surface area contributed by atoms with E-state index in [2.05, 4.69) is 56.0 Å². The maximum atomic E-state index is 11.7. The molecule has 0 spiro atoms. The van der Waals surface area contributed by atoms with Crippen LogP contribution < -0.4 is 4.90 Å². The van der Waals surface area contributed by atoms with Crippen LogP contribution in [-0.2, 0) is 16.6 Å². The molecular formula is C18H18ClN5OS2. The number of fused-ring (bicyclic) bond motifs is 1. The molecule has 1 fully saturated rings. The van der Waals surface area contributed by atoms with Crippen LogP contribution in [-0.4, -0.2) is 48.7 Å². The molecule has 0 aliphatic carbocycles. The number of hydrogen-bond donors (Lipinski definition) is 0. The Labute approximate surface area is 169 Å². The Morgan fingerprint density at radius 1 is 1.11 bits per heavy atom. The molecule has 0 unspecified atom stereocenters. The van der Waals surface area contributed by atoms with Crippen LogP contribution in [0.1, 0.15) is 11.1 Å². The van der Waals surface area contributed by atoms with Crippen LogP contribution in [0.2, 0.25) is 5.28 Å². The molecule has 4 rings (SSSR count). The third kappa shape index (κ3) is 4.23. The molecule has 0 radical (unpaired) electrons. The zero-order chi connectivity index (χ0) is 18.8. The predicted octanol–water partition coefficient (Wildman–Crippen LogP) is 3.24. The summed E-state index contributed by atoms with van der Waals surface area (Å²) in [4.78, 5) is 19.7. The molecule has 0 atom stereocenters. The fourth-order valence-corrected chi connectivity index (χ4v) is 5.01. The average molecular weight is 420 g/mol. The molecule has 2 aromatic heterocycles. The first kappa shape index (κ1) is 18.6. The fourth-order valence-electron chi connectivity index (χ4n) is 2.90. The van der Waals surface area contributed by atoms with Crippen LogP contribution >= 0.6 is 23.4 Å². The molecule has 140 valence electrons. The minimum Gasteiger partial charge on any atom is -0.353 e. The Morgan fingerprint density at radius 3 is 2.59 bits per heavy atom. The number of halogens is 1. The summed E-state index contributed by atoms with van der Waals surface area (Å²) >= 11 is 7.81. The van der Waals surface area contributed by atoms with Crippen LogP contribution in [0.4, 0.5) is 5.82 Å². The number of anilines is 1. The summed E-state index contributed by atoms with van der Waals surface area (Å²) in [6, 6.07) is 8.44. The third-order valence-electron chi connectivity index (χ3n) is 4.38. The summed E-state index contributed by atoms with van der Waals surface area (Å²) < 4.78 is 11.7. The lowest BCUT2D eigenvalue weighted by Gasteiger charge is -2.27. The largest absolute Gasteiger partial charge is 0.353 e. The highest BCUT2D eigenvalue weighted by molar-refractivity contribution is 7.98. The molecule has 1 aromatic carbocycles. The van der Waals surface area contributed by atoms with Crippen molar-refractivity contribution in [1.29, 1.82) is 0 Å². The van der Waals surface area contributed by atoms with Gasteiger partial charge in [-0.25, -0.2) is 15.0 Å². The van der Waals surface area contributed by atoms with Gasteiger partial charge in [0.25, 0.3) is 0 Å². The minimum atomic E-state index is -0.759. The summed E-state index contributed by atoms with van der Waals surface area (Å²) in [5, 5.41) is 0.961. The highest BCUT2D eigenvalue weighted by Gasteiger charge is 2.22. The van der Waals surface area contributed by atoms with Gasteiger partial charge in [-0.15, -0.1) is 0 Å². The second kappa shape index (κ2) is 8.08. The first-order chi connectivity index (χ1) is 13.1. The first-order valence-electron chi connectivity index (χ1n) is 8.56. The highest BCUT2D eigenvalue weighted by atomic mass is 35.5. The minimum absolute atomic E-state index is 0.177. The van der Waals surface area contributed by atoms with E-state index in [1.807, 2.05) is 0 Å². The predicted molar refractivity (Wildman–Crippen MR) is 111 cm³/mol. The topological polar surface area (TPSA) is 71.9 Å². The van der Waals surface area contributed by atoms with Crippen molar-refractivity contribution in [2.45, 2.75) is 17.7 Å². The van der Waals surface area contributed by atoms with Gasteiger partial charge in [-0.3, -0.25) is 4.21 Å². The van der Waals surface area contributed by atoms with Crippen molar-refractivity contribution in [2.75, 3.05) is 29.5 Å². The molecule has 1 aliphatic heterocycles. The number of nitrogens with zero attached hydrogens (tertiary/aromatic N) is 5. The van der Waals surface area contributed by atoms with Crippen LogP contribution in [0, 0.1) is 6.92 Å². The van der Waals surface area contributed by atoms with Crippen LogP contribution in [0.3, 0.4) is 0 Å². The lowest BCUT2D eigenvalue weighted by atomic mass is 10.2. The Kier molecular flexibility index (Phi) is 5.56. The summed E-state index contributed by atoms with van der Waals surface area (Å²) in [7, 11) is -0.759. The molecule has 0 bridgehead atoms. The molecule has 6 nitrogen and oxygen atoms in total. The Bertz CT molecular complexity index is 989. The smallest absolute Gasteiger partial charge is 0.225 e. The van der Waals surface area contributed by atoms with Crippen LogP contribution in [0.25, 0.3) is 11.0 Å². The second-order valence-electron chi connectivity index (χ2n) is 6.30. The quantitative estimate of drug-likeness (QED) is 0.365. The number of aryl methyl sites for hydroxylation is 1. The molecule has 1 saturated heterocycles. The van der Waals surface area contributed by atoms with Gasteiger partial charge in [0.2, 0.25) is 5.28 Å². The van der Waals surface area contributed by atoms with E-state index in [1.54, 1.807) is 18.1 Å². The maximum absolute atomic E-state index is 11.7. The summed E-state index contributed by atoms with van der Waals surface area (Å²) in [6.45, 7) is 3.42. The first-order valence-corrected chi connectivity index (χ1v) is 11.4. The third-order valence-corrected chi connectivity index (χ3v) is 6.87. The van der Waals surface area contributed by atoms with Crippen molar-refractivity contribution in [3.05, 3.63) is 47.0 Å². The molecule has 3 heterocycles. The van der Waals surface area contributed by atoms with Crippen molar-refractivity contribution in [3.8, 4) is 0 Å². The van der Waals surface area contributed by atoms with Crippen molar-refractivity contribution in [2.24, 2.45) is 0 Å². The Morgan fingerprint density at radius 2 is 1.85 bits per heavy atom. The van der Waals surface area contributed by atoms with Crippen molar-refractivity contribution in [3.63, 3.8) is 0 Å². The van der Waals surface area contributed by atoms with E-state index in [-0.39, 0.29) is 5.28 Å². The van der Waals surface area contributed by atoms with E-state index in [9.17, 15) is 4.21 Å². The fraction of sp³-hybridized carbons (Fsp3) is 0.333. The standard InChI is InChI=1S/C18H18ClN5OS2/c1-12-2-4-13(5-3-12)10-26-17-15-14(20-11-21-17)16(23-18(19)22-15)24-6-8-27(25)9-7-24/h2-5,11H,6-10H2,1H3. The van der Waals surface area contributed by atoms with Gasteiger partial charge in [0.15, 0.2) is 5.82 Å². The SMILES string of the molecule is Cc1ccc(CSc2ncnc3c(N4CCS(=O)CC4)nc(Cl)nc23)cc1. The zero-order valence-corrected chi connectivity index (χ0v) is 17.1. The van der Waals surface area contributed by atoms with Gasteiger partial charge in [-0.1, -0.05) is 41.6 Å². The normalized spacial score (nSPS) is 15.4. The molecular weight excluding hydrogens is 402 g/mol. The van der Waals surface area contributed by atoms with E-state index in [1.165, 1.54) is 11.1 Å². The van der Waals surface area contributed by atoms with E-state index in [4.69, 9.17) is 11.6 Å². The summed E-state index contributed by atoms with van der Waals surface area (Å²) in [5.41, 5.74) is 3.81. The van der Waals surface area contributed by atoms with Gasteiger partial charge >= 0.3 is 0 Å². The number of thioether (sulfide) groups is 1. The van der Waals surface area contributed by atoms with Gasteiger partial charge in [0.1, 0.15) is 22.4 Å². The van der Waals surface area contributed by atoms with Gasteiger partial charge in [0, 0.05) is 41.1 Å². The molecule has 0 saturated carbocycles. The number of rotatable bonds is 4. The van der Waals surface area contributed by atoms with Crippen molar-refractivity contribution >= 4 is 51.0 Å². The van der Waals surface area contributed by atoms with Gasteiger partial charge in [0.05, 0.1) is 0 Å².